The molecule has 1 heterocycles. The molecule has 19 heavy (non-hydrogen) atoms. The first kappa shape index (κ1) is 11.7. The second-order valence-corrected chi connectivity index (χ2v) is 7.33. The molecule has 4 aliphatic rings. The van der Waals surface area contributed by atoms with Crippen molar-refractivity contribution in [2.75, 3.05) is 5.73 Å². The van der Waals surface area contributed by atoms with Gasteiger partial charge in [0.15, 0.2) is 0 Å². The maximum Gasteiger partial charge on any atom is 0.135 e. The summed E-state index contributed by atoms with van der Waals surface area (Å²) in [6.45, 7) is 4.04. The molecule has 4 aliphatic carbocycles. The molecular weight excluding hydrogens is 234 g/mol. The highest BCUT2D eigenvalue weighted by Crippen LogP contribution is 2.60. The standard InChI is InChI=1S/C16H23N3/c1-9-14(17)10(2)19-15(18-9)16-6-11-3-12(7-16)5-13(4-11)8-16/h11-13H,3-8,17H2,1-2H3. The second kappa shape index (κ2) is 3.71. The van der Waals surface area contributed by atoms with Crippen LogP contribution in [0, 0.1) is 31.6 Å². The molecule has 0 saturated heterocycles. The Hall–Kier alpha value is -1.12. The molecule has 0 aromatic carbocycles. The number of rotatable bonds is 1. The lowest BCUT2D eigenvalue weighted by Crippen LogP contribution is -2.49. The average Bonchev–Trinajstić information content (AvgIpc) is 2.33. The Morgan fingerprint density at radius 1 is 0.895 bits per heavy atom. The van der Waals surface area contributed by atoms with Gasteiger partial charge in [-0.05, 0) is 70.1 Å². The molecule has 0 atom stereocenters. The summed E-state index contributed by atoms with van der Waals surface area (Å²) in [4.78, 5) is 9.57. The van der Waals surface area contributed by atoms with E-state index >= 15 is 0 Å². The Labute approximate surface area is 115 Å². The van der Waals surface area contributed by atoms with Crippen LogP contribution in [-0.2, 0) is 5.41 Å². The molecule has 0 amide bonds. The van der Waals surface area contributed by atoms with Gasteiger partial charge in [-0.2, -0.15) is 0 Å². The van der Waals surface area contributed by atoms with E-state index in [0.717, 1.165) is 40.7 Å². The molecule has 1 aromatic rings. The van der Waals surface area contributed by atoms with Crippen molar-refractivity contribution >= 4 is 5.69 Å². The number of nitrogen functional groups attached to an aromatic ring is 1. The van der Waals surface area contributed by atoms with Crippen molar-refractivity contribution in [2.24, 2.45) is 17.8 Å². The molecular formula is C16H23N3. The van der Waals surface area contributed by atoms with Gasteiger partial charge in [-0.15, -0.1) is 0 Å². The Morgan fingerprint density at radius 2 is 1.32 bits per heavy atom. The first-order valence-electron chi connectivity index (χ1n) is 7.67. The molecule has 3 heteroatoms. The lowest BCUT2D eigenvalue weighted by atomic mass is 9.49. The summed E-state index contributed by atoms with van der Waals surface area (Å²) < 4.78 is 0. The number of anilines is 1. The zero-order valence-electron chi connectivity index (χ0n) is 11.9. The van der Waals surface area contributed by atoms with Gasteiger partial charge < -0.3 is 5.73 Å². The molecule has 0 spiro atoms. The molecule has 2 N–H and O–H groups in total. The summed E-state index contributed by atoms with van der Waals surface area (Å²) in [7, 11) is 0. The third kappa shape index (κ3) is 1.63. The van der Waals surface area contributed by atoms with Crippen LogP contribution in [-0.4, -0.2) is 9.97 Å². The first-order valence-corrected chi connectivity index (χ1v) is 7.67. The van der Waals surface area contributed by atoms with Crippen molar-refractivity contribution in [3.05, 3.63) is 17.2 Å². The van der Waals surface area contributed by atoms with Crippen molar-refractivity contribution in [3.8, 4) is 0 Å². The smallest absolute Gasteiger partial charge is 0.135 e. The van der Waals surface area contributed by atoms with Gasteiger partial charge in [0.25, 0.3) is 0 Å². The van der Waals surface area contributed by atoms with E-state index in [2.05, 4.69) is 0 Å². The molecule has 102 valence electrons. The van der Waals surface area contributed by atoms with Crippen LogP contribution in [0.15, 0.2) is 0 Å². The van der Waals surface area contributed by atoms with Gasteiger partial charge in [0, 0.05) is 5.41 Å². The molecule has 0 unspecified atom stereocenters. The summed E-state index contributed by atoms with van der Waals surface area (Å²) in [5, 5.41) is 0. The monoisotopic (exact) mass is 257 g/mol. The van der Waals surface area contributed by atoms with Crippen LogP contribution in [0.1, 0.15) is 55.7 Å². The quantitative estimate of drug-likeness (QED) is 0.841. The highest BCUT2D eigenvalue weighted by atomic mass is 14.9. The van der Waals surface area contributed by atoms with E-state index in [9.17, 15) is 0 Å². The van der Waals surface area contributed by atoms with Gasteiger partial charge in [-0.1, -0.05) is 0 Å². The van der Waals surface area contributed by atoms with E-state index in [1.807, 2.05) is 13.8 Å². The van der Waals surface area contributed by atoms with E-state index in [1.54, 1.807) is 0 Å². The normalized spacial score (nSPS) is 39.8. The van der Waals surface area contributed by atoms with E-state index in [1.165, 1.54) is 38.5 Å². The predicted molar refractivity (Wildman–Crippen MR) is 75.8 cm³/mol. The fraction of sp³-hybridized carbons (Fsp3) is 0.750. The van der Waals surface area contributed by atoms with E-state index < -0.39 is 0 Å². The summed E-state index contributed by atoms with van der Waals surface area (Å²) in [6, 6.07) is 0. The SMILES string of the molecule is Cc1nc(C23CC4CC(CC(C4)C2)C3)nc(C)c1N. The van der Waals surface area contributed by atoms with Crippen molar-refractivity contribution in [1.82, 2.24) is 9.97 Å². The average molecular weight is 257 g/mol. The molecule has 4 fully saturated rings. The lowest BCUT2D eigenvalue weighted by molar-refractivity contribution is -0.00951. The van der Waals surface area contributed by atoms with Crippen molar-refractivity contribution in [1.29, 1.82) is 0 Å². The van der Waals surface area contributed by atoms with Gasteiger partial charge in [0.05, 0.1) is 17.1 Å². The minimum absolute atomic E-state index is 0.290. The van der Waals surface area contributed by atoms with Crippen LogP contribution in [0.4, 0.5) is 5.69 Å². The van der Waals surface area contributed by atoms with Gasteiger partial charge in [-0.3, -0.25) is 0 Å². The second-order valence-electron chi connectivity index (χ2n) is 7.33. The fourth-order valence-corrected chi connectivity index (χ4v) is 5.35. The van der Waals surface area contributed by atoms with E-state index in [4.69, 9.17) is 15.7 Å². The molecule has 1 aromatic heterocycles. The summed E-state index contributed by atoms with van der Waals surface area (Å²) >= 11 is 0. The van der Waals surface area contributed by atoms with Crippen LogP contribution < -0.4 is 5.73 Å². The fourth-order valence-electron chi connectivity index (χ4n) is 5.35. The molecule has 0 aliphatic heterocycles. The zero-order valence-corrected chi connectivity index (χ0v) is 11.9. The van der Waals surface area contributed by atoms with Crippen molar-refractivity contribution in [2.45, 2.75) is 57.8 Å². The third-order valence-corrected chi connectivity index (χ3v) is 5.84. The molecule has 3 nitrogen and oxygen atoms in total. The zero-order chi connectivity index (χ0) is 13.2. The van der Waals surface area contributed by atoms with E-state index in [0.29, 0.717) is 0 Å². The molecule has 4 bridgehead atoms. The van der Waals surface area contributed by atoms with Crippen molar-refractivity contribution < 1.29 is 0 Å². The minimum Gasteiger partial charge on any atom is -0.396 e. The largest absolute Gasteiger partial charge is 0.396 e. The van der Waals surface area contributed by atoms with Gasteiger partial charge in [-0.25, -0.2) is 9.97 Å². The molecule has 4 saturated carbocycles. The summed E-state index contributed by atoms with van der Waals surface area (Å²) in [5.41, 5.74) is 9.02. The molecule has 0 radical (unpaired) electrons. The Morgan fingerprint density at radius 3 is 1.74 bits per heavy atom. The number of nitrogens with zero attached hydrogens (tertiary/aromatic N) is 2. The number of nitrogens with two attached hydrogens (primary N) is 1. The first-order chi connectivity index (χ1) is 9.06. The van der Waals surface area contributed by atoms with E-state index in [-0.39, 0.29) is 5.41 Å². The van der Waals surface area contributed by atoms with Crippen LogP contribution >= 0.6 is 0 Å². The van der Waals surface area contributed by atoms with Crippen LogP contribution in [0.3, 0.4) is 0 Å². The van der Waals surface area contributed by atoms with Gasteiger partial charge >= 0.3 is 0 Å². The van der Waals surface area contributed by atoms with Crippen LogP contribution in [0.2, 0.25) is 0 Å². The highest BCUT2D eigenvalue weighted by Gasteiger charge is 2.53. The summed E-state index contributed by atoms with van der Waals surface area (Å²) in [5.74, 6) is 3.92. The topological polar surface area (TPSA) is 51.8 Å². The highest BCUT2D eigenvalue weighted by molar-refractivity contribution is 5.46. The Balaban J connectivity index is 1.79. The lowest BCUT2D eigenvalue weighted by Gasteiger charge is -2.56. The number of hydrogen-bond donors (Lipinski definition) is 1. The van der Waals surface area contributed by atoms with Crippen LogP contribution in [0.25, 0.3) is 0 Å². The minimum atomic E-state index is 0.290. The number of aromatic nitrogens is 2. The molecule has 5 rings (SSSR count). The van der Waals surface area contributed by atoms with Crippen LogP contribution in [0.5, 0.6) is 0 Å². The maximum atomic E-state index is 6.02. The number of hydrogen-bond acceptors (Lipinski definition) is 3. The van der Waals surface area contributed by atoms with Crippen molar-refractivity contribution in [3.63, 3.8) is 0 Å². The maximum absolute atomic E-state index is 6.02. The summed E-state index contributed by atoms with van der Waals surface area (Å²) in [6.07, 6.45) is 8.36. The predicted octanol–water partition coefficient (Wildman–Crippen LogP) is 3.14. The number of aryl methyl sites for hydroxylation is 2. The Kier molecular flexibility index (Phi) is 2.28. The third-order valence-electron chi connectivity index (χ3n) is 5.84. The van der Waals surface area contributed by atoms with Gasteiger partial charge in [0.2, 0.25) is 0 Å². The Bertz CT molecular complexity index is 477. The van der Waals surface area contributed by atoms with Gasteiger partial charge in [0.1, 0.15) is 5.82 Å².